The van der Waals surface area contributed by atoms with Gasteiger partial charge in [0.2, 0.25) is 0 Å². The lowest BCUT2D eigenvalue weighted by Gasteiger charge is -2.57. The number of nitrogens with one attached hydrogen (secondary N) is 2. The predicted molar refractivity (Wildman–Crippen MR) is 140 cm³/mol. The number of nitrogens with zero attached hydrogens (tertiary/aromatic N) is 1. The number of halogens is 3. The van der Waals surface area contributed by atoms with Crippen LogP contribution in [0.3, 0.4) is 0 Å². The third kappa shape index (κ3) is 4.72. The van der Waals surface area contributed by atoms with Crippen LogP contribution >= 0.6 is 0 Å². The average molecular weight is 522 g/mol. The molecule has 0 amide bonds. The van der Waals surface area contributed by atoms with Crippen LogP contribution in [0.25, 0.3) is 0 Å². The van der Waals surface area contributed by atoms with Crippen LogP contribution in [0.5, 0.6) is 0 Å². The summed E-state index contributed by atoms with van der Waals surface area (Å²) in [4.78, 5) is 16.2. The van der Waals surface area contributed by atoms with E-state index in [-0.39, 0.29) is 28.2 Å². The number of pyridine rings is 1. The standard InChI is InChI=1S/C30H30F3N3O2/c1-38-28(37)26-3-2-8-34-27(26)36-25-13-22(30(31,32)33)12-24(14-25)35-23-6-4-21(5-7-23)29-15-18-9-19(16-29)11-20(10-18)17-29/h2-8,12-14,18-20,35H,9-11,15-17H2,1H3,(H,34,36). The Balaban J connectivity index is 1.26. The van der Waals surface area contributed by atoms with Crippen LogP contribution in [-0.2, 0) is 16.3 Å². The number of carbonyl (C=O) groups is 1. The molecule has 38 heavy (non-hydrogen) atoms. The maximum atomic E-state index is 13.8. The number of hydrogen-bond acceptors (Lipinski definition) is 5. The van der Waals surface area contributed by atoms with Crippen molar-refractivity contribution in [2.24, 2.45) is 17.8 Å². The van der Waals surface area contributed by atoms with Crippen molar-refractivity contribution in [3.8, 4) is 0 Å². The first kappa shape index (κ1) is 24.8. The normalized spacial score (nSPS) is 25.7. The molecule has 4 aliphatic rings. The van der Waals surface area contributed by atoms with Crippen LogP contribution in [0.2, 0.25) is 0 Å². The molecule has 7 rings (SSSR count). The van der Waals surface area contributed by atoms with Crippen molar-refractivity contribution in [2.45, 2.75) is 50.1 Å². The Bertz CT molecular complexity index is 1320. The molecule has 0 atom stereocenters. The van der Waals surface area contributed by atoms with Gasteiger partial charge in [-0.3, -0.25) is 0 Å². The van der Waals surface area contributed by atoms with Gasteiger partial charge in [-0.1, -0.05) is 12.1 Å². The van der Waals surface area contributed by atoms with E-state index in [1.807, 2.05) is 12.1 Å². The lowest BCUT2D eigenvalue weighted by molar-refractivity contribution is -0.137. The molecule has 2 aromatic carbocycles. The van der Waals surface area contributed by atoms with Gasteiger partial charge in [0.25, 0.3) is 0 Å². The molecule has 198 valence electrons. The fourth-order valence-electron chi connectivity index (χ4n) is 7.39. The highest BCUT2D eigenvalue weighted by molar-refractivity contribution is 5.95. The molecule has 4 fully saturated rings. The second kappa shape index (κ2) is 9.33. The third-order valence-electron chi connectivity index (χ3n) is 8.56. The van der Waals surface area contributed by atoms with Crippen molar-refractivity contribution in [3.63, 3.8) is 0 Å². The minimum Gasteiger partial charge on any atom is -0.465 e. The molecular formula is C30H30F3N3O2. The molecule has 2 N–H and O–H groups in total. The Morgan fingerprint density at radius 3 is 2.08 bits per heavy atom. The van der Waals surface area contributed by atoms with E-state index in [1.165, 1.54) is 63.5 Å². The summed E-state index contributed by atoms with van der Waals surface area (Å²) in [6.07, 6.45) is 4.82. The molecule has 4 saturated carbocycles. The van der Waals surface area contributed by atoms with Gasteiger partial charge in [0, 0.05) is 23.3 Å². The zero-order chi connectivity index (χ0) is 26.5. The Hall–Kier alpha value is -3.55. The summed E-state index contributed by atoms with van der Waals surface area (Å²) in [6, 6.07) is 14.9. The van der Waals surface area contributed by atoms with Crippen LogP contribution < -0.4 is 10.6 Å². The number of hydrogen-bond donors (Lipinski definition) is 2. The molecule has 1 aromatic heterocycles. The monoisotopic (exact) mass is 521 g/mol. The van der Waals surface area contributed by atoms with E-state index in [0.29, 0.717) is 0 Å². The van der Waals surface area contributed by atoms with E-state index in [4.69, 9.17) is 4.74 Å². The zero-order valence-corrected chi connectivity index (χ0v) is 21.1. The first-order chi connectivity index (χ1) is 18.2. The number of anilines is 4. The number of methoxy groups -OCH3 is 1. The lowest BCUT2D eigenvalue weighted by atomic mass is 9.48. The molecule has 4 aliphatic carbocycles. The summed E-state index contributed by atoms with van der Waals surface area (Å²) in [5.41, 5.74) is 2.08. The third-order valence-corrected chi connectivity index (χ3v) is 8.56. The molecule has 5 nitrogen and oxygen atoms in total. The van der Waals surface area contributed by atoms with Gasteiger partial charge >= 0.3 is 12.1 Å². The Kier molecular flexibility index (Phi) is 6.08. The average Bonchev–Trinajstić information content (AvgIpc) is 2.87. The topological polar surface area (TPSA) is 63.2 Å². The van der Waals surface area contributed by atoms with Crippen LogP contribution in [0.15, 0.2) is 60.8 Å². The number of carbonyl (C=O) groups excluding carboxylic acids is 1. The smallest absolute Gasteiger partial charge is 0.416 e. The van der Waals surface area contributed by atoms with Crippen molar-refractivity contribution >= 4 is 28.8 Å². The van der Waals surface area contributed by atoms with Crippen LogP contribution in [0, 0.1) is 17.8 Å². The molecule has 0 aliphatic heterocycles. The van der Waals surface area contributed by atoms with Gasteiger partial charge in [-0.2, -0.15) is 13.2 Å². The summed E-state index contributed by atoms with van der Waals surface area (Å²) >= 11 is 0. The minimum atomic E-state index is -4.55. The van der Waals surface area contributed by atoms with Crippen LogP contribution in [-0.4, -0.2) is 18.1 Å². The summed E-state index contributed by atoms with van der Waals surface area (Å²) in [5.74, 6) is 2.01. The molecule has 0 spiro atoms. The van der Waals surface area contributed by atoms with E-state index in [2.05, 4.69) is 27.8 Å². The summed E-state index contributed by atoms with van der Waals surface area (Å²) in [7, 11) is 1.24. The number of aromatic nitrogens is 1. The Morgan fingerprint density at radius 2 is 1.50 bits per heavy atom. The van der Waals surface area contributed by atoms with Gasteiger partial charge < -0.3 is 15.4 Å². The lowest BCUT2D eigenvalue weighted by Crippen LogP contribution is -2.48. The minimum absolute atomic E-state index is 0.115. The van der Waals surface area contributed by atoms with Crippen LogP contribution in [0.4, 0.5) is 36.1 Å². The van der Waals surface area contributed by atoms with Crippen molar-refractivity contribution < 1.29 is 22.7 Å². The second-order valence-electron chi connectivity index (χ2n) is 11.2. The first-order valence-corrected chi connectivity index (χ1v) is 13.1. The number of ether oxygens (including phenoxy) is 1. The van der Waals surface area contributed by atoms with E-state index in [9.17, 15) is 18.0 Å². The summed E-state index contributed by atoms with van der Waals surface area (Å²) in [5, 5.41) is 6.00. The van der Waals surface area contributed by atoms with E-state index in [0.717, 1.165) is 35.6 Å². The van der Waals surface area contributed by atoms with Crippen molar-refractivity contribution in [1.29, 1.82) is 0 Å². The fourth-order valence-corrected chi connectivity index (χ4v) is 7.39. The number of rotatable bonds is 6. The highest BCUT2D eigenvalue weighted by atomic mass is 19.4. The summed E-state index contributed by atoms with van der Waals surface area (Å²) < 4.78 is 46.0. The Morgan fingerprint density at radius 1 is 0.895 bits per heavy atom. The van der Waals surface area contributed by atoms with Crippen LogP contribution in [0.1, 0.15) is 60.0 Å². The molecule has 4 bridgehead atoms. The molecule has 8 heteroatoms. The molecule has 0 radical (unpaired) electrons. The summed E-state index contributed by atoms with van der Waals surface area (Å²) in [6.45, 7) is 0. The van der Waals surface area contributed by atoms with E-state index in [1.54, 1.807) is 12.1 Å². The van der Waals surface area contributed by atoms with E-state index >= 15 is 0 Å². The Labute approximate surface area is 219 Å². The van der Waals surface area contributed by atoms with Gasteiger partial charge in [-0.15, -0.1) is 0 Å². The van der Waals surface area contributed by atoms with Gasteiger partial charge in [0.05, 0.1) is 12.7 Å². The zero-order valence-electron chi connectivity index (χ0n) is 21.1. The second-order valence-corrected chi connectivity index (χ2v) is 11.2. The van der Waals surface area contributed by atoms with Gasteiger partial charge in [-0.25, -0.2) is 9.78 Å². The molecule has 1 heterocycles. The predicted octanol–water partition coefficient (Wildman–Crippen LogP) is 7.84. The maximum absolute atomic E-state index is 13.8. The molecular weight excluding hydrogens is 491 g/mol. The fraction of sp³-hybridized carbons (Fsp3) is 0.400. The van der Waals surface area contributed by atoms with Crippen molar-refractivity contribution in [3.05, 3.63) is 77.5 Å². The van der Waals surface area contributed by atoms with E-state index < -0.39 is 17.7 Å². The quantitative estimate of drug-likeness (QED) is 0.324. The number of esters is 1. The number of alkyl halides is 3. The first-order valence-electron chi connectivity index (χ1n) is 13.1. The highest BCUT2D eigenvalue weighted by Crippen LogP contribution is 2.60. The molecule has 0 saturated heterocycles. The molecule has 0 unspecified atom stereocenters. The SMILES string of the molecule is COC(=O)c1cccnc1Nc1cc(Nc2ccc(C34CC5CC(CC(C5)C3)C4)cc2)cc(C(F)(F)F)c1. The van der Waals surface area contributed by atoms with Gasteiger partial charge in [0.15, 0.2) is 0 Å². The maximum Gasteiger partial charge on any atom is 0.416 e. The van der Waals surface area contributed by atoms with Gasteiger partial charge in [0.1, 0.15) is 11.4 Å². The van der Waals surface area contributed by atoms with Crippen molar-refractivity contribution in [1.82, 2.24) is 4.98 Å². The molecule has 3 aromatic rings. The highest BCUT2D eigenvalue weighted by Gasteiger charge is 2.51. The van der Waals surface area contributed by atoms with Crippen molar-refractivity contribution in [2.75, 3.05) is 17.7 Å². The van der Waals surface area contributed by atoms with Gasteiger partial charge in [-0.05, 0) is 110 Å². The largest absolute Gasteiger partial charge is 0.465 e. The number of benzene rings is 2.